The van der Waals surface area contributed by atoms with Crippen LogP contribution in [0.25, 0.3) is 0 Å². The lowest BCUT2D eigenvalue weighted by atomic mass is 10.2. The number of thiophene rings is 1. The Labute approximate surface area is 165 Å². The van der Waals surface area contributed by atoms with Crippen molar-refractivity contribution >= 4 is 38.9 Å². The highest BCUT2D eigenvalue weighted by Gasteiger charge is 2.17. The monoisotopic (exact) mass is 420 g/mol. The molecule has 0 saturated heterocycles. The maximum atomic E-state index is 12.4. The molecule has 1 aromatic carbocycles. The van der Waals surface area contributed by atoms with Crippen LogP contribution in [0.2, 0.25) is 0 Å². The fraction of sp³-hybridized carbons (Fsp3) is 0.111. The normalized spacial score (nSPS) is 11.2. The number of ether oxygens (including phenoxy) is 1. The summed E-state index contributed by atoms with van der Waals surface area (Å²) in [6.07, 6.45) is 0.772. The molecule has 0 aliphatic heterocycles. The molecule has 146 valence electrons. The van der Waals surface area contributed by atoms with Gasteiger partial charge in [-0.1, -0.05) is 0 Å². The number of amides is 1. The topological polar surface area (TPSA) is 115 Å². The van der Waals surface area contributed by atoms with Crippen LogP contribution in [0.1, 0.15) is 20.3 Å². The zero-order valence-electron chi connectivity index (χ0n) is 14.7. The third-order valence-corrected chi connectivity index (χ3v) is 6.16. The molecule has 8 nitrogen and oxygen atoms in total. The van der Waals surface area contributed by atoms with Crippen LogP contribution in [0.4, 0.5) is 10.5 Å². The summed E-state index contributed by atoms with van der Waals surface area (Å²) in [6.45, 7) is 0.0423. The second-order valence-electron chi connectivity index (χ2n) is 5.54. The smallest absolute Gasteiger partial charge is 0.411 e. The summed E-state index contributed by atoms with van der Waals surface area (Å²) in [5, 5.41) is 2.44. The number of methoxy groups -OCH3 is 1. The van der Waals surface area contributed by atoms with Crippen LogP contribution in [0.15, 0.2) is 64.1 Å². The molecule has 0 saturated carbocycles. The number of hydrogen-bond donors (Lipinski definition) is 2. The van der Waals surface area contributed by atoms with Crippen molar-refractivity contribution in [2.24, 2.45) is 0 Å². The summed E-state index contributed by atoms with van der Waals surface area (Å²) >= 11 is 1.19. The van der Waals surface area contributed by atoms with Crippen LogP contribution < -0.4 is 10.0 Å². The molecule has 2 N–H and O–H groups in total. The van der Waals surface area contributed by atoms with Gasteiger partial charge in [0.1, 0.15) is 0 Å². The van der Waals surface area contributed by atoms with Gasteiger partial charge in [0.15, 0.2) is 5.76 Å². The Hall–Kier alpha value is -2.95. The average Bonchev–Trinajstić information content (AvgIpc) is 3.38. The molecule has 0 spiro atoms. The van der Waals surface area contributed by atoms with E-state index in [4.69, 9.17) is 4.42 Å². The number of hydrogen-bond acceptors (Lipinski definition) is 7. The minimum atomic E-state index is -3.75. The third-order valence-electron chi connectivity index (χ3n) is 3.66. The largest absolute Gasteiger partial charge is 0.461 e. The van der Waals surface area contributed by atoms with E-state index < -0.39 is 16.1 Å². The van der Waals surface area contributed by atoms with Crippen molar-refractivity contribution in [3.63, 3.8) is 0 Å². The van der Waals surface area contributed by atoms with Gasteiger partial charge in [0.2, 0.25) is 15.8 Å². The molecule has 0 fully saturated rings. The molecule has 0 atom stereocenters. The Balaban J connectivity index is 1.64. The van der Waals surface area contributed by atoms with Gasteiger partial charge in [-0.2, -0.15) is 0 Å². The first-order valence-corrected chi connectivity index (χ1v) is 10.3. The highest BCUT2D eigenvalue weighted by atomic mass is 32.2. The molecule has 28 heavy (non-hydrogen) atoms. The standard InChI is InChI=1S/C18H16N2O6S2/c1-25-18(22)20-12-4-7-14(8-5-12)28(23,24)19-11-13-6-9-16(27-13)17(21)15-3-2-10-26-15/h2-10,19H,11H2,1H3,(H,20,22). The molecule has 3 aromatic rings. The number of furan rings is 1. The van der Waals surface area contributed by atoms with Crippen LogP contribution in [0.5, 0.6) is 0 Å². The van der Waals surface area contributed by atoms with E-state index in [1.54, 1.807) is 24.3 Å². The zero-order valence-corrected chi connectivity index (χ0v) is 16.3. The molecule has 3 rings (SSSR count). The molecule has 10 heteroatoms. The Morgan fingerprint density at radius 2 is 1.86 bits per heavy atom. The first kappa shape index (κ1) is 19.8. The molecule has 2 heterocycles. The summed E-state index contributed by atoms with van der Waals surface area (Å²) in [5.41, 5.74) is 0.408. The summed E-state index contributed by atoms with van der Waals surface area (Å²) in [7, 11) is -2.52. The van der Waals surface area contributed by atoms with Gasteiger partial charge in [0, 0.05) is 17.1 Å². The van der Waals surface area contributed by atoms with E-state index in [2.05, 4.69) is 14.8 Å². The molecule has 1 amide bonds. The molecular formula is C18H16N2O6S2. The van der Waals surface area contributed by atoms with Crippen molar-refractivity contribution in [3.8, 4) is 0 Å². The maximum absolute atomic E-state index is 12.4. The first-order valence-electron chi connectivity index (χ1n) is 8.00. The summed E-state index contributed by atoms with van der Waals surface area (Å²) < 4.78 is 36.9. The van der Waals surface area contributed by atoms with Crippen molar-refractivity contribution in [2.45, 2.75) is 11.4 Å². The van der Waals surface area contributed by atoms with Gasteiger partial charge < -0.3 is 9.15 Å². The van der Waals surface area contributed by atoms with Gasteiger partial charge in [-0.25, -0.2) is 17.9 Å². The highest BCUT2D eigenvalue weighted by Crippen LogP contribution is 2.21. The van der Waals surface area contributed by atoms with E-state index in [9.17, 15) is 18.0 Å². The van der Waals surface area contributed by atoms with Gasteiger partial charge in [0.25, 0.3) is 0 Å². The van der Waals surface area contributed by atoms with Crippen LogP contribution >= 0.6 is 11.3 Å². The maximum Gasteiger partial charge on any atom is 0.411 e. The lowest BCUT2D eigenvalue weighted by Crippen LogP contribution is -2.22. The van der Waals surface area contributed by atoms with E-state index in [-0.39, 0.29) is 23.0 Å². The Morgan fingerprint density at radius 1 is 1.11 bits per heavy atom. The summed E-state index contributed by atoms with van der Waals surface area (Å²) in [5.74, 6) is -0.0209. The van der Waals surface area contributed by atoms with Crippen molar-refractivity contribution < 1.29 is 27.2 Å². The molecule has 0 radical (unpaired) electrons. The molecule has 0 unspecified atom stereocenters. The second-order valence-corrected chi connectivity index (χ2v) is 8.47. The van der Waals surface area contributed by atoms with Crippen molar-refractivity contribution in [2.75, 3.05) is 12.4 Å². The van der Waals surface area contributed by atoms with Crippen LogP contribution in [-0.4, -0.2) is 27.4 Å². The van der Waals surface area contributed by atoms with Gasteiger partial charge in [-0.15, -0.1) is 11.3 Å². The predicted molar refractivity (Wildman–Crippen MR) is 103 cm³/mol. The van der Waals surface area contributed by atoms with Crippen LogP contribution in [0, 0.1) is 0 Å². The number of benzene rings is 1. The Kier molecular flexibility index (Phi) is 5.93. The number of carbonyl (C=O) groups is 2. The molecule has 2 aromatic heterocycles. The number of nitrogens with one attached hydrogen (secondary N) is 2. The quantitative estimate of drug-likeness (QED) is 0.567. The van der Waals surface area contributed by atoms with Gasteiger partial charge in [-0.3, -0.25) is 10.1 Å². The summed E-state index contributed by atoms with van der Waals surface area (Å²) in [4.78, 5) is 24.6. The fourth-order valence-corrected chi connectivity index (χ4v) is 4.25. The van der Waals surface area contributed by atoms with Crippen LogP contribution in [0.3, 0.4) is 0 Å². The van der Waals surface area contributed by atoms with E-state index >= 15 is 0 Å². The number of rotatable bonds is 7. The van der Waals surface area contributed by atoms with E-state index in [1.807, 2.05) is 0 Å². The van der Waals surface area contributed by atoms with Gasteiger partial charge in [-0.05, 0) is 48.5 Å². The van der Waals surface area contributed by atoms with E-state index in [0.29, 0.717) is 15.4 Å². The minimum Gasteiger partial charge on any atom is -0.461 e. The Morgan fingerprint density at radius 3 is 2.50 bits per heavy atom. The SMILES string of the molecule is COC(=O)Nc1ccc(S(=O)(=O)NCc2ccc(C(=O)c3ccco3)s2)cc1. The molecule has 0 bridgehead atoms. The van der Waals surface area contributed by atoms with Crippen molar-refractivity contribution in [3.05, 3.63) is 70.3 Å². The lowest BCUT2D eigenvalue weighted by molar-refractivity contribution is 0.101. The number of sulfonamides is 1. The van der Waals surface area contributed by atoms with Gasteiger partial charge >= 0.3 is 6.09 Å². The predicted octanol–water partition coefficient (Wildman–Crippen LogP) is 3.23. The molecule has 0 aliphatic carbocycles. The molecular weight excluding hydrogens is 404 g/mol. The number of anilines is 1. The number of carbonyl (C=O) groups excluding carboxylic acids is 2. The first-order chi connectivity index (χ1) is 13.4. The lowest BCUT2D eigenvalue weighted by Gasteiger charge is -2.07. The zero-order chi connectivity index (χ0) is 20.1. The fourth-order valence-electron chi connectivity index (χ4n) is 2.26. The third kappa shape index (κ3) is 4.66. The molecule has 0 aliphatic rings. The summed E-state index contributed by atoms with van der Waals surface area (Å²) in [6, 6.07) is 12.2. The van der Waals surface area contributed by atoms with Crippen molar-refractivity contribution in [1.82, 2.24) is 4.72 Å². The second kappa shape index (κ2) is 8.38. The van der Waals surface area contributed by atoms with E-state index in [0.717, 1.165) is 0 Å². The van der Waals surface area contributed by atoms with Crippen molar-refractivity contribution in [1.29, 1.82) is 0 Å². The minimum absolute atomic E-state index is 0.0423. The average molecular weight is 420 g/mol. The van der Waals surface area contributed by atoms with Crippen LogP contribution in [-0.2, 0) is 21.3 Å². The Bertz CT molecular complexity index is 1070. The highest BCUT2D eigenvalue weighted by molar-refractivity contribution is 7.89. The van der Waals surface area contributed by atoms with E-state index in [1.165, 1.54) is 49.0 Å². The van der Waals surface area contributed by atoms with Gasteiger partial charge in [0.05, 0.1) is 23.1 Å². The number of ketones is 1.